The van der Waals surface area contributed by atoms with E-state index < -0.39 is 11.4 Å². The molecule has 2 N–H and O–H groups in total. The minimum atomic E-state index is -0.598. The predicted octanol–water partition coefficient (Wildman–Crippen LogP) is 4.70. The fourth-order valence-corrected chi connectivity index (χ4v) is 7.94. The van der Waals surface area contributed by atoms with Crippen molar-refractivity contribution in [2.45, 2.75) is 78.6 Å². The van der Waals surface area contributed by atoms with Gasteiger partial charge in [-0.2, -0.15) is 0 Å². The Kier molecular flexibility index (Phi) is 3.26. The Morgan fingerprint density at radius 3 is 2.46 bits per heavy atom. The molecule has 0 unspecified atom stereocenters. The maximum Gasteiger partial charge on any atom is 0.309 e. The number of hydrogen-bond acceptors (Lipinski definition) is 3. The number of carboxylic acid groups (broad SMARTS) is 1. The van der Waals surface area contributed by atoms with Crippen molar-refractivity contribution >= 4 is 11.7 Å². The molecule has 4 saturated carbocycles. The number of carbonyl (C=O) groups is 1. The Bertz CT molecular complexity index is 616. The second kappa shape index (κ2) is 4.76. The van der Waals surface area contributed by atoms with Crippen LogP contribution in [0.25, 0.3) is 0 Å². The fraction of sp³-hybridized carbons (Fsp3) is 0.900. The maximum atomic E-state index is 12.1. The molecule has 0 radical (unpaired) electrons. The van der Waals surface area contributed by atoms with Gasteiger partial charge >= 0.3 is 5.97 Å². The highest BCUT2D eigenvalue weighted by Crippen LogP contribution is 2.73. The van der Waals surface area contributed by atoms with E-state index in [1.54, 1.807) is 0 Å². The quantitative estimate of drug-likeness (QED) is 0.539. The van der Waals surface area contributed by atoms with E-state index in [1.807, 2.05) is 6.92 Å². The summed E-state index contributed by atoms with van der Waals surface area (Å²) in [4.78, 5) is 12.1. The molecule has 0 aromatic rings. The Hall–Kier alpha value is -1.06. The van der Waals surface area contributed by atoms with Gasteiger partial charge in [-0.25, -0.2) is 0 Å². The summed E-state index contributed by atoms with van der Waals surface area (Å²) in [5, 5.41) is 23.2. The van der Waals surface area contributed by atoms with E-state index in [-0.39, 0.29) is 22.2 Å². The number of aliphatic carboxylic acids is 1. The third-order valence-corrected chi connectivity index (χ3v) is 9.00. The van der Waals surface area contributed by atoms with Gasteiger partial charge in [0.1, 0.15) is 0 Å². The van der Waals surface area contributed by atoms with Gasteiger partial charge in [-0.3, -0.25) is 4.79 Å². The van der Waals surface area contributed by atoms with Crippen LogP contribution in [0, 0.1) is 33.5 Å². The molecule has 134 valence electrons. The third-order valence-electron chi connectivity index (χ3n) is 9.00. The summed E-state index contributed by atoms with van der Waals surface area (Å²) in [5.41, 5.74) is 0.872. The van der Waals surface area contributed by atoms with Crippen LogP contribution in [-0.4, -0.2) is 22.0 Å². The van der Waals surface area contributed by atoms with Crippen molar-refractivity contribution in [2.24, 2.45) is 38.7 Å². The lowest BCUT2D eigenvalue weighted by Gasteiger charge is -2.63. The van der Waals surface area contributed by atoms with E-state index >= 15 is 0 Å². The van der Waals surface area contributed by atoms with Gasteiger partial charge in [-0.1, -0.05) is 25.4 Å². The molecule has 4 aliphatic carbocycles. The first-order chi connectivity index (χ1) is 11.2. The lowest BCUT2D eigenvalue weighted by molar-refractivity contribution is -0.182. The molecule has 0 aliphatic heterocycles. The summed E-state index contributed by atoms with van der Waals surface area (Å²) in [6, 6.07) is 0. The molecule has 0 heterocycles. The maximum absolute atomic E-state index is 12.1. The Balaban J connectivity index is 1.75. The van der Waals surface area contributed by atoms with Gasteiger partial charge in [-0.05, 0) is 81.0 Å². The van der Waals surface area contributed by atoms with Crippen LogP contribution < -0.4 is 0 Å². The highest BCUT2D eigenvalue weighted by atomic mass is 16.4. The van der Waals surface area contributed by atoms with Gasteiger partial charge in [0.2, 0.25) is 0 Å². The number of oxime groups is 1. The SMILES string of the molecule is C[C@@]12CC[C@@H]3[C@@](CC[C@H]4[C@@]3(C)CCC[C@@]4(C)C(=O)O)(C/C1=N/O)C2. The summed E-state index contributed by atoms with van der Waals surface area (Å²) in [7, 11) is 0. The average Bonchev–Trinajstić information content (AvgIpc) is 2.72. The lowest BCUT2D eigenvalue weighted by Crippen LogP contribution is -2.58. The summed E-state index contributed by atoms with van der Waals surface area (Å²) in [5.74, 6) is 0.264. The van der Waals surface area contributed by atoms with Gasteiger partial charge in [-0.15, -0.1) is 0 Å². The van der Waals surface area contributed by atoms with Crippen LogP contribution in [0.3, 0.4) is 0 Å². The van der Waals surface area contributed by atoms with E-state index in [0.717, 1.165) is 63.5 Å². The van der Waals surface area contributed by atoms with E-state index in [9.17, 15) is 15.1 Å². The Morgan fingerprint density at radius 1 is 1.08 bits per heavy atom. The minimum absolute atomic E-state index is 0.0687. The standard InChI is InChI=1S/C20H31NO3/c1-17-9-5-14-18(2)7-4-8-19(3,16(22)23)13(18)6-10-20(14,12-17)11-15(17)21-24/h13-14,24H,4-12H2,1-3H3,(H,22,23)/b21-15-/t13-,14-,17-,18+,19+,20-/m0/s1. The molecule has 6 atom stereocenters. The molecule has 0 aromatic carbocycles. The number of nitrogens with zero attached hydrogens (tertiary/aromatic N) is 1. The molecule has 24 heavy (non-hydrogen) atoms. The van der Waals surface area contributed by atoms with Gasteiger partial charge in [0.05, 0.1) is 11.1 Å². The van der Waals surface area contributed by atoms with Crippen LogP contribution in [0.4, 0.5) is 0 Å². The first-order valence-corrected chi connectivity index (χ1v) is 9.65. The van der Waals surface area contributed by atoms with Crippen molar-refractivity contribution in [3.8, 4) is 0 Å². The molecule has 1 spiro atoms. The fourth-order valence-electron chi connectivity index (χ4n) is 7.94. The third kappa shape index (κ3) is 1.80. The molecule has 4 fully saturated rings. The monoisotopic (exact) mass is 333 g/mol. The van der Waals surface area contributed by atoms with E-state index in [0.29, 0.717) is 5.92 Å². The van der Waals surface area contributed by atoms with Gasteiger partial charge in [0.25, 0.3) is 0 Å². The molecule has 0 aromatic heterocycles. The Morgan fingerprint density at radius 2 is 1.79 bits per heavy atom. The summed E-state index contributed by atoms with van der Waals surface area (Å²) < 4.78 is 0. The first kappa shape index (κ1) is 16.4. The van der Waals surface area contributed by atoms with Crippen LogP contribution in [0.1, 0.15) is 78.6 Å². The largest absolute Gasteiger partial charge is 0.481 e. The van der Waals surface area contributed by atoms with Crippen molar-refractivity contribution in [3.05, 3.63) is 0 Å². The second-order valence-electron chi connectivity index (χ2n) is 10.1. The number of fused-ring (bicyclic) bond motifs is 3. The van der Waals surface area contributed by atoms with Crippen LogP contribution in [-0.2, 0) is 4.79 Å². The van der Waals surface area contributed by atoms with Gasteiger partial charge in [0.15, 0.2) is 0 Å². The minimum Gasteiger partial charge on any atom is -0.481 e. The number of hydrogen-bond donors (Lipinski definition) is 2. The van der Waals surface area contributed by atoms with Crippen LogP contribution in [0.5, 0.6) is 0 Å². The predicted molar refractivity (Wildman–Crippen MR) is 92.1 cm³/mol. The average molecular weight is 333 g/mol. The van der Waals surface area contributed by atoms with Crippen molar-refractivity contribution in [2.75, 3.05) is 0 Å². The molecule has 4 heteroatoms. The van der Waals surface area contributed by atoms with Crippen molar-refractivity contribution in [1.29, 1.82) is 0 Å². The van der Waals surface area contributed by atoms with Crippen molar-refractivity contribution in [1.82, 2.24) is 0 Å². The van der Waals surface area contributed by atoms with Crippen LogP contribution in [0.15, 0.2) is 5.16 Å². The normalized spacial score (nSPS) is 55.0. The van der Waals surface area contributed by atoms with Crippen molar-refractivity contribution in [3.63, 3.8) is 0 Å². The Labute approximate surface area is 144 Å². The summed E-state index contributed by atoms with van der Waals surface area (Å²) in [6.07, 6.45) is 9.45. The molecular formula is C20H31NO3. The van der Waals surface area contributed by atoms with Gasteiger partial charge in [0, 0.05) is 5.41 Å². The smallest absolute Gasteiger partial charge is 0.309 e. The molecular weight excluding hydrogens is 302 g/mol. The summed E-state index contributed by atoms with van der Waals surface area (Å²) in [6.45, 7) is 6.65. The second-order valence-corrected chi connectivity index (χ2v) is 10.1. The molecule has 2 bridgehead atoms. The number of rotatable bonds is 1. The highest BCUT2D eigenvalue weighted by molar-refractivity contribution is 5.92. The first-order valence-electron chi connectivity index (χ1n) is 9.65. The zero-order valence-electron chi connectivity index (χ0n) is 15.3. The molecule has 4 aliphatic rings. The molecule has 4 nitrogen and oxygen atoms in total. The van der Waals surface area contributed by atoms with E-state index in [1.165, 1.54) is 0 Å². The van der Waals surface area contributed by atoms with Gasteiger partial charge < -0.3 is 10.3 Å². The van der Waals surface area contributed by atoms with Crippen LogP contribution >= 0.6 is 0 Å². The molecule has 4 rings (SSSR count). The number of carboxylic acids is 1. The molecule has 0 amide bonds. The highest BCUT2D eigenvalue weighted by Gasteiger charge is 2.67. The topological polar surface area (TPSA) is 69.9 Å². The van der Waals surface area contributed by atoms with Crippen molar-refractivity contribution < 1.29 is 15.1 Å². The molecule has 0 saturated heterocycles. The van der Waals surface area contributed by atoms with Crippen LogP contribution in [0.2, 0.25) is 0 Å². The lowest BCUT2D eigenvalue weighted by atomic mass is 9.40. The van der Waals surface area contributed by atoms with E-state index in [4.69, 9.17) is 0 Å². The summed E-state index contributed by atoms with van der Waals surface area (Å²) >= 11 is 0. The zero-order valence-corrected chi connectivity index (χ0v) is 15.3. The zero-order chi connectivity index (χ0) is 17.4. The van der Waals surface area contributed by atoms with E-state index in [2.05, 4.69) is 19.0 Å².